The van der Waals surface area contributed by atoms with Crippen molar-refractivity contribution in [1.82, 2.24) is 0 Å². The molecule has 0 aliphatic heterocycles. The van der Waals surface area contributed by atoms with Crippen LogP contribution in [0.3, 0.4) is 0 Å². The molecular formula is C8H8BrClF3N. The molecule has 14 heavy (non-hydrogen) atoms. The Morgan fingerprint density at radius 3 is 1.93 bits per heavy atom. The lowest BCUT2D eigenvalue weighted by Crippen LogP contribution is -2.28. The summed E-state index contributed by atoms with van der Waals surface area (Å²) in [6.45, 7) is 0. The molecule has 1 aromatic carbocycles. The van der Waals surface area contributed by atoms with Gasteiger partial charge in [0.25, 0.3) is 0 Å². The average molecular weight is 291 g/mol. The summed E-state index contributed by atoms with van der Waals surface area (Å²) >= 11 is 3.12. The van der Waals surface area contributed by atoms with E-state index >= 15 is 0 Å². The number of hydrogen-bond donors (Lipinski definition) is 1. The van der Waals surface area contributed by atoms with Gasteiger partial charge >= 0.3 is 6.18 Å². The van der Waals surface area contributed by atoms with E-state index < -0.39 is 12.2 Å². The van der Waals surface area contributed by atoms with E-state index in [1.54, 1.807) is 0 Å². The van der Waals surface area contributed by atoms with Gasteiger partial charge in [0.1, 0.15) is 6.04 Å². The minimum absolute atomic E-state index is 0. The first-order valence-electron chi connectivity index (χ1n) is 3.49. The summed E-state index contributed by atoms with van der Waals surface area (Å²) in [5.41, 5.74) is 5.05. The van der Waals surface area contributed by atoms with Gasteiger partial charge in [0, 0.05) is 4.47 Å². The quantitative estimate of drug-likeness (QED) is 0.842. The average Bonchev–Trinajstić information content (AvgIpc) is 2.03. The van der Waals surface area contributed by atoms with Gasteiger partial charge in [-0.25, -0.2) is 0 Å². The van der Waals surface area contributed by atoms with E-state index in [2.05, 4.69) is 15.9 Å². The van der Waals surface area contributed by atoms with Gasteiger partial charge in [-0.3, -0.25) is 0 Å². The molecule has 0 radical (unpaired) electrons. The van der Waals surface area contributed by atoms with Crippen molar-refractivity contribution in [2.45, 2.75) is 12.2 Å². The van der Waals surface area contributed by atoms with Crippen molar-refractivity contribution in [1.29, 1.82) is 0 Å². The third-order valence-electron chi connectivity index (χ3n) is 1.58. The van der Waals surface area contributed by atoms with Crippen LogP contribution in [0.2, 0.25) is 0 Å². The maximum absolute atomic E-state index is 12.1. The fourth-order valence-electron chi connectivity index (χ4n) is 0.859. The number of halogens is 5. The summed E-state index contributed by atoms with van der Waals surface area (Å²) in [5, 5.41) is 0. The molecule has 0 saturated carbocycles. The predicted octanol–water partition coefficient (Wildman–Crippen LogP) is 3.43. The van der Waals surface area contributed by atoms with Gasteiger partial charge in [-0.15, -0.1) is 12.4 Å². The molecule has 0 aromatic heterocycles. The summed E-state index contributed by atoms with van der Waals surface area (Å²) in [5.74, 6) is 0. The van der Waals surface area contributed by atoms with Crippen LogP contribution >= 0.6 is 28.3 Å². The second-order valence-corrected chi connectivity index (χ2v) is 3.49. The van der Waals surface area contributed by atoms with E-state index in [0.29, 0.717) is 0 Å². The van der Waals surface area contributed by atoms with Gasteiger partial charge in [0.05, 0.1) is 0 Å². The molecule has 0 bridgehead atoms. The summed E-state index contributed by atoms with van der Waals surface area (Å²) in [6, 6.07) is 3.85. The summed E-state index contributed by atoms with van der Waals surface area (Å²) in [6.07, 6.45) is -4.38. The number of alkyl halides is 3. The smallest absolute Gasteiger partial charge is 0.316 e. The maximum Gasteiger partial charge on any atom is 0.407 e. The molecule has 6 heteroatoms. The second kappa shape index (κ2) is 5.00. The first-order chi connectivity index (χ1) is 5.91. The van der Waals surface area contributed by atoms with E-state index in [0.717, 1.165) is 4.47 Å². The van der Waals surface area contributed by atoms with Crippen LogP contribution < -0.4 is 5.73 Å². The lowest BCUT2D eigenvalue weighted by molar-refractivity contribution is -0.149. The molecule has 0 fully saturated rings. The lowest BCUT2D eigenvalue weighted by atomic mass is 10.1. The zero-order chi connectivity index (χ0) is 10.1. The number of nitrogens with two attached hydrogens (primary N) is 1. The molecule has 1 atom stereocenters. The molecule has 0 saturated heterocycles. The summed E-state index contributed by atoms with van der Waals surface area (Å²) < 4.78 is 37.0. The van der Waals surface area contributed by atoms with Gasteiger partial charge in [0.2, 0.25) is 0 Å². The maximum atomic E-state index is 12.1. The predicted molar refractivity (Wildman–Crippen MR) is 54.4 cm³/mol. The van der Waals surface area contributed by atoms with Gasteiger partial charge in [-0.05, 0) is 17.7 Å². The zero-order valence-corrected chi connectivity index (χ0v) is 9.29. The fourth-order valence-corrected chi connectivity index (χ4v) is 1.12. The van der Waals surface area contributed by atoms with Crippen LogP contribution in [0.15, 0.2) is 28.7 Å². The Balaban J connectivity index is 0.00000169. The monoisotopic (exact) mass is 289 g/mol. The summed E-state index contributed by atoms with van der Waals surface area (Å²) in [4.78, 5) is 0. The van der Waals surface area contributed by atoms with E-state index in [1.165, 1.54) is 24.3 Å². The van der Waals surface area contributed by atoms with Gasteiger partial charge in [-0.2, -0.15) is 13.2 Å². The lowest BCUT2D eigenvalue weighted by Gasteiger charge is -2.15. The normalized spacial score (nSPS) is 13.2. The third kappa shape index (κ3) is 3.48. The van der Waals surface area contributed by atoms with Crippen LogP contribution in [0.4, 0.5) is 13.2 Å². The van der Waals surface area contributed by atoms with Gasteiger partial charge < -0.3 is 5.73 Å². The van der Waals surface area contributed by atoms with Crippen LogP contribution in [0.1, 0.15) is 11.6 Å². The zero-order valence-electron chi connectivity index (χ0n) is 6.88. The highest BCUT2D eigenvalue weighted by molar-refractivity contribution is 9.10. The van der Waals surface area contributed by atoms with E-state index in [-0.39, 0.29) is 18.0 Å². The van der Waals surface area contributed by atoms with Crippen molar-refractivity contribution < 1.29 is 13.2 Å². The van der Waals surface area contributed by atoms with Gasteiger partial charge in [0.15, 0.2) is 0 Å². The van der Waals surface area contributed by atoms with Crippen molar-refractivity contribution in [2.75, 3.05) is 0 Å². The topological polar surface area (TPSA) is 26.0 Å². The molecule has 0 unspecified atom stereocenters. The molecular weight excluding hydrogens is 282 g/mol. The number of hydrogen-bond acceptors (Lipinski definition) is 1. The first-order valence-corrected chi connectivity index (χ1v) is 4.28. The van der Waals surface area contributed by atoms with Crippen LogP contribution in [-0.4, -0.2) is 6.18 Å². The minimum Gasteiger partial charge on any atom is -0.316 e. The molecule has 80 valence electrons. The van der Waals surface area contributed by atoms with Crippen LogP contribution in [0.25, 0.3) is 0 Å². The van der Waals surface area contributed by atoms with Crippen molar-refractivity contribution >= 4 is 28.3 Å². The molecule has 0 spiro atoms. The van der Waals surface area contributed by atoms with E-state index in [9.17, 15) is 13.2 Å². The fraction of sp³-hybridized carbons (Fsp3) is 0.250. The second-order valence-electron chi connectivity index (χ2n) is 2.57. The van der Waals surface area contributed by atoms with Crippen molar-refractivity contribution in [3.05, 3.63) is 34.3 Å². The first kappa shape index (κ1) is 13.7. The van der Waals surface area contributed by atoms with Crippen LogP contribution in [0, 0.1) is 0 Å². The molecule has 0 amide bonds. The van der Waals surface area contributed by atoms with E-state index in [1.807, 2.05) is 0 Å². The van der Waals surface area contributed by atoms with Crippen molar-refractivity contribution in [2.24, 2.45) is 5.73 Å². The van der Waals surface area contributed by atoms with Crippen LogP contribution in [0.5, 0.6) is 0 Å². The van der Waals surface area contributed by atoms with Crippen molar-refractivity contribution in [3.63, 3.8) is 0 Å². The molecule has 0 aliphatic rings. The molecule has 1 aromatic rings. The standard InChI is InChI=1S/C8H7BrF3N.ClH/c9-6-3-1-5(2-4-6)7(13)8(10,11)12;/h1-4,7H,13H2;1H/t7-;/m0./s1. The highest BCUT2D eigenvalue weighted by Crippen LogP contribution is 2.30. The Labute approximate surface area is 94.0 Å². The third-order valence-corrected chi connectivity index (χ3v) is 2.11. The van der Waals surface area contributed by atoms with Crippen molar-refractivity contribution in [3.8, 4) is 0 Å². The Morgan fingerprint density at radius 1 is 1.14 bits per heavy atom. The molecule has 1 nitrogen and oxygen atoms in total. The SMILES string of the molecule is Cl.N[C@@H](c1ccc(Br)cc1)C(F)(F)F. The van der Waals surface area contributed by atoms with Crippen LogP contribution in [-0.2, 0) is 0 Å². The largest absolute Gasteiger partial charge is 0.407 e. The highest BCUT2D eigenvalue weighted by Gasteiger charge is 2.37. The Hall–Kier alpha value is -0.260. The Kier molecular flexibility index (Phi) is 4.91. The minimum atomic E-state index is -4.38. The van der Waals surface area contributed by atoms with E-state index in [4.69, 9.17) is 5.73 Å². The Bertz CT molecular complexity index is 286. The number of benzene rings is 1. The molecule has 0 heterocycles. The van der Waals surface area contributed by atoms with Gasteiger partial charge in [-0.1, -0.05) is 28.1 Å². The molecule has 1 rings (SSSR count). The molecule has 2 N–H and O–H groups in total. The Morgan fingerprint density at radius 2 is 1.57 bits per heavy atom. The molecule has 0 aliphatic carbocycles. The number of rotatable bonds is 1. The highest BCUT2D eigenvalue weighted by atomic mass is 79.9. The summed E-state index contributed by atoms with van der Waals surface area (Å²) in [7, 11) is 0.